The number of thiophene rings is 1. The highest BCUT2D eigenvalue weighted by atomic mass is 79.9. The summed E-state index contributed by atoms with van der Waals surface area (Å²) in [6, 6.07) is 7.07. The van der Waals surface area contributed by atoms with E-state index in [1.807, 2.05) is 0 Å². The maximum absolute atomic E-state index is 13.3. The van der Waals surface area contributed by atoms with Gasteiger partial charge in [-0.2, -0.15) is 0 Å². The molecular formula is C11H8BrClFNO2S2. The Kier molecular flexibility index (Phi) is 4.62. The third kappa shape index (κ3) is 3.76. The number of sulfonamides is 1. The maximum atomic E-state index is 13.3. The Balaban J connectivity index is 2.16. The first kappa shape index (κ1) is 14.9. The normalized spacial score (nSPS) is 11.7. The van der Waals surface area contributed by atoms with Gasteiger partial charge >= 0.3 is 0 Å². The summed E-state index contributed by atoms with van der Waals surface area (Å²) >= 11 is 10.0. The molecule has 102 valence electrons. The highest BCUT2D eigenvalue weighted by Gasteiger charge is 2.16. The van der Waals surface area contributed by atoms with E-state index < -0.39 is 15.8 Å². The molecule has 2 rings (SSSR count). The van der Waals surface area contributed by atoms with E-state index in [4.69, 9.17) is 11.6 Å². The summed E-state index contributed by atoms with van der Waals surface area (Å²) in [7, 11) is -3.74. The van der Waals surface area contributed by atoms with Crippen molar-refractivity contribution in [3.63, 3.8) is 0 Å². The van der Waals surface area contributed by atoms with Gasteiger partial charge < -0.3 is 0 Å². The minimum absolute atomic E-state index is 0.115. The average molecular weight is 385 g/mol. The first-order valence-corrected chi connectivity index (χ1v) is 8.54. The number of benzene rings is 1. The highest BCUT2D eigenvalue weighted by Crippen LogP contribution is 2.22. The van der Waals surface area contributed by atoms with Crippen molar-refractivity contribution in [2.75, 3.05) is 0 Å². The molecule has 0 bridgehead atoms. The lowest BCUT2D eigenvalue weighted by atomic mass is 10.3. The molecule has 0 saturated carbocycles. The molecule has 1 aromatic carbocycles. The second-order valence-electron chi connectivity index (χ2n) is 3.61. The van der Waals surface area contributed by atoms with E-state index in [2.05, 4.69) is 20.7 Å². The number of halogens is 3. The first-order chi connectivity index (χ1) is 8.88. The van der Waals surface area contributed by atoms with E-state index in [0.29, 0.717) is 4.34 Å². The van der Waals surface area contributed by atoms with Gasteiger partial charge in [-0.25, -0.2) is 17.5 Å². The van der Waals surface area contributed by atoms with Crippen molar-refractivity contribution in [1.82, 2.24) is 4.72 Å². The average Bonchev–Trinajstić information content (AvgIpc) is 2.76. The van der Waals surface area contributed by atoms with Gasteiger partial charge in [0, 0.05) is 11.4 Å². The lowest BCUT2D eigenvalue weighted by Crippen LogP contribution is -2.22. The van der Waals surface area contributed by atoms with Gasteiger partial charge in [-0.15, -0.1) is 11.3 Å². The topological polar surface area (TPSA) is 46.2 Å². The molecule has 8 heteroatoms. The Morgan fingerprint density at radius 2 is 2.05 bits per heavy atom. The molecule has 0 amide bonds. The van der Waals surface area contributed by atoms with Crippen LogP contribution in [-0.2, 0) is 16.6 Å². The summed E-state index contributed by atoms with van der Waals surface area (Å²) in [6.45, 7) is 0.122. The van der Waals surface area contributed by atoms with Crippen molar-refractivity contribution in [1.29, 1.82) is 0 Å². The molecule has 0 atom stereocenters. The molecule has 1 aromatic heterocycles. The quantitative estimate of drug-likeness (QED) is 0.872. The first-order valence-electron chi connectivity index (χ1n) is 5.07. The van der Waals surface area contributed by atoms with E-state index in [1.165, 1.54) is 23.5 Å². The van der Waals surface area contributed by atoms with Crippen LogP contribution in [0.5, 0.6) is 0 Å². The molecule has 0 aliphatic rings. The van der Waals surface area contributed by atoms with Crippen LogP contribution in [0.2, 0.25) is 4.34 Å². The molecule has 19 heavy (non-hydrogen) atoms. The lowest BCUT2D eigenvalue weighted by molar-refractivity contribution is 0.577. The number of nitrogens with one attached hydrogen (secondary N) is 1. The van der Waals surface area contributed by atoms with Crippen LogP contribution in [0.15, 0.2) is 39.7 Å². The number of hydrogen-bond acceptors (Lipinski definition) is 3. The molecule has 0 fully saturated rings. The van der Waals surface area contributed by atoms with Crippen molar-refractivity contribution in [3.05, 3.63) is 49.8 Å². The molecule has 1 heterocycles. The van der Waals surface area contributed by atoms with Gasteiger partial charge in [0.25, 0.3) is 0 Å². The SMILES string of the molecule is O=S(=O)(NCc1ccc(Cl)s1)c1ccc(Br)c(F)c1. The number of rotatable bonds is 4. The summed E-state index contributed by atoms with van der Waals surface area (Å²) in [6.07, 6.45) is 0. The largest absolute Gasteiger partial charge is 0.241 e. The van der Waals surface area contributed by atoms with Crippen LogP contribution >= 0.6 is 38.9 Å². The fourth-order valence-corrected chi connectivity index (χ4v) is 3.72. The third-order valence-corrected chi connectivity index (χ3v) is 5.54. The van der Waals surface area contributed by atoms with Gasteiger partial charge in [-0.3, -0.25) is 0 Å². The minimum Gasteiger partial charge on any atom is -0.207 e. The molecule has 0 radical (unpaired) electrons. The smallest absolute Gasteiger partial charge is 0.207 e. The molecule has 2 aromatic rings. The monoisotopic (exact) mass is 383 g/mol. The van der Waals surface area contributed by atoms with Crippen LogP contribution < -0.4 is 4.72 Å². The molecule has 3 nitrogen and oxygen atoms in total. The molecule has 0 aliphatic heterocycles. The van der Waals surface area contributed by atoms with Gasteiger partial charge in [0.1, 0.15) is 5.82 Å². The maximum Gasteiger partial charge on any atom is 0.241 e. The zero-order valence-corrected chi connectivity index (χ0v) is 13.3. The Morgan fingerprint density at radius 3 is 2.63 bits per heavy atom. The van der Waals surface area contributed by atoms with Gasteiger partial charge in [0.15, 0.2) is 0 Å². The second-order valence-corrected chi connectivity index (χ2v) is 8.03. The van der Waals surface area contributed by atoms with Crippen molar-refractivity contribution in [3.8, 4) is 0 Å². The Hall–Kier alpha value is -0.470. The predicted molar refractivity (Wildman–Crippen MR) is 77.5 cm³/mol. The molecule has 0 spiro atoms. The van der Waals surface area contributed by atoms with Crippen molar-refractivity contribution in [2.45, 2.75) is 11.4 Å². The fraction of sp³-hybridized carbons (Fsp3) is 0.0909. The van der Waals surface area contributed by atoms with Crippen LogP contribution in [0.3, 0.4) is 0 Å². The highest BCUT2D eigenvalue weighted by molar-refractivity contribution is 9.10. The van der Waals surface area contributed by atoms with Crippen LogP contribution in [-0.4, -0.2) is 8.42 Å². The Bertz CT molecular complexity index is 702. The van der Waals surface area contributed by atoms with E-state index in [-0.39, 0.29) is 15.9 Å². The van der Waals surface area contributed by atoms with Crippen molar-refractivity contribution in [2.24, 2.45) is 0 Å². The van der Waals surface area contributed by atoms with Gasteiger partial charge in [-0.05, 0) is 46.3 Å². The molecular weight excluding hydrogens is 377 g/mol. The molecule has 0 saturated heterocycles. The van der Waals surface area contributed by atoms with E-state index in [1.54, 1.807) is 12.1 Å². The summed E-state index contributed by atoms with van der Waals surface area (Å²) in [4.78, 5) is 0.669. The summed E-state index contributed by atoms with van der Waals surface area (Å²) in [5.74, 6) is -0.623. The molecule has 0 unspecified atom stereocenters. The van der Waals surface area contributed by atoms with Gasteiger partial charge in [-0.1, -0.05) is 11.6 Å². The number of hydrogen-bond donors (Lipinski definition) is 1. The minimum atomic E-state index is -3.74. The lowest BCUT2D eigenvalue weighted by Gasteiger charge is -2.06. The van der Waals surface area contributed by atoms with E-state index in [9.17, 15) is 12.8 Å². The van der Waals surface area contributed by atoms with Gasteiger partial charge in [0.2, 0.25) is 10.0 Å². The molecule has 1 N–H and O–H groups in total. The Morgan fingerprint density at radius 1 is 1.32 bits per heavy atom. The van der Waals surface area contributed by atoms with Crippen LogP contribution in [0, 0.1) is 5.82 Å². The fourth-order valence-electron chi connectivity index (χ4n) is 1.34. The summed E-state index contributed by atoms with van der Waals surface area (Å²) in [5, 5.41) is 0. The standard InChI is InChI=1S/C11H8BrClFNO2S2/c12-9-3-2-8(5-10(9)14)19(16,17)15-6-7-1-4-11(13)18-7/h1-5,15H,6H2. The van der Waals surface area contributed by atoms with Crippen LogP contribution in [0.25, 0.3) is 0 Å². The van der Waals surface area contributed by atoms with Crippen LogP contribution in [0.4, 0.5) is 4.39 Å². The summed E-state index contributed by atoms with van der Waals surface area (Å²) in [5.41, 5.74) is 0. The van der Waals surface area contributed by atoms with E-state index >= 15 is 0 Å². The van der Waals surface area contributed by atoms with E-state index in [0.717, 1.165) is 10.9 Å². The second kappa shape index (κ2) is 5.88. The zero-order valence-electron chi connectivity index (χ0n) is 9.36. The van der Waals surface area contributed by atoms with Crippen molar-refractivity contribution < 1.29 is 12.8 Å². The third-order valence-electron chi connectivity index (χ3n) is 2.27. The molecule has 0 aliphatic carbocycles. The van der Waals surface area contributed by atoms with Crippen LogP contribution in [0.1, 0.15) is 4.88 Å². The zero-order chi connectivity index (χ0) is 14.0. The van der Waals surface area contributed by atoms with Crippen molar-refractivity contribution >= 4 is 48.9 Å². The summed E-state index contributed by atoms with van der Waals surface area (Å²) < 4.78 is 40.4. The van der Waals surface area contributed by atoms with Gasteiger partial charge in [0.05, 0.1) is 13.7 Å². The predicted octanol–water partition coefficient (Wildman–Crippen LogP) is 3.78. The Labute approximate surface area is 127 Å².